The van der Waals surface area contributed by atoms with E-state index >= 15 is 0 Å². The van der Waals surface area contributed by atoms with Crippen LogP contribution < -0.4 is 5.32 Å². The van der Waals surface area contributed by atoms with Crippen molar-refractivity contribution in [3.8, 4) is 0 Å². The lowest BCUT2D eigenvalue weighted by Crippen LogP contribution is -2.28. The number of alkyl halides is 3. The molecule has 2 rings (SSSR count). The van der Waals surface area contributed by atoms with Crippen molar-refractivity contribution in [2.75, 3.05) is 5.75 Å². The van der Waals surface area contributed by atoms with E-state index in [2.05, 4.69) is 29.4 Å². The third kappa shape index (κ3) is 5.98. The van der Waals surface area contributed by atoms with Crippen molar-refractivity contribution in [2.45, 2.75) is 44.6 Å². The standard InChI is InChI=1S/C18H23F3N4OS/c1-11(2)9-13-5-7-14(8-6-13)12(3)22-15(26)10-27-17-24-23-16(25(17)4)18(19,20)21/h5-8,11-12H,9-10H2,1-4H3,(H,22,26)/t12-/m1/s1. The number of halogens is 3. The minimum absolute atomic E-state index is 0.0421. The molecule has 5 nitrogen and oxygen atoms in total. The number of hydrogen-bond donors (Lipinski definition) is 1. The molecule has 1 aromatic carbocycles. The number of nitrogens with zero attached hydrogens (tertiary/aromatic N) is 3. The number of amides is 1. The molecule has 0 spiro atoms. The zero-order chi connectivity index (χ0) is 20.2. The molecule has 1 aromatic heterocycles. The van der Waals surface area contributed by atoms with Crippen LogP contribution >= 0.6 is 11.8 Å². The Hall–Kier alpha value is -2.03. The van der Waals surface area contributed by atoms with Crippen molar-refractivity contribution < 1.29 is 18.0 Å². The number of aromatic nitrogens is 3. The smallest absolute Gasteiger partial charge is 0.349 e. The Bertz CT molecular complexity index is 772. The van der Waals surface area contributed by atoms with Crippen molar-refractivity contribution >= 4 is 17.7 Å². The fourth-order valence-corrected chi connectivity index (χ4v) is 3.32. The summed E-state index contributed by atoms with van der Waals surface area (Å²) in [6, 6.07) is 7.86. The first-order valence-electron chi connectivity index (χ1n) is 8.55. The van der Waals surface area contributed by atoms with Crippen molar-refractivity contribution in [2.24, 2.45) is 13.0 Å². The van der Waals surface area contributed by atoms with Gasteiger partial charge in [0.2, 0.25) is 11.7 Å². The quantitative estimate of drug-likeness (QED) is 0.714. The summed E-state index contributed by atoms with van der Waals surface area (Å²) in [7, 11) is 1.23. The van der Waals surface area contributed by atoms with E-state index in [1.54, 1.807) is 0 Å². The molecule has 0 aliphatic heterocycles. The topological polar surface area (TPSA) is 59.8 Å². The van der Waals surface area contributed by atoms with E-state index in [4.69, 9.17) is 0 Å². The highest BCUT2D eigenvalue weighted by atomic mass is 32.2. The Balaban J connectivity index is 1.89. The minimum atomic E-state index is -4.57. The molecule has 0 unspecified atom stereocenters. The molecule has 27 heavy (non-hydrogen) atoms. The minimum Gasteiger partial charge on any atom is -0.349 e. The molecular formula is C18H23F3N4OS. The lowest BCUT2D eigenvalue weighted by atomic mass is 10.00. The highest BCUT2D eigenvalue weighted by Crippen LogP contribution is 2.29. The number of carbonyl (C=O) groups excluding carboxylic acids is 1. The lowest BCUT2D eigenvalue weighted by Gasteiger charge is -2.15. The number of nitrogens with one attached hydrogen (secondary N) is 1. The van der Waals surface area contributed by atoms with Crippen LogP contribution in [0.15, 0.2) is 29.4 Å². The van der Waals surface area contributed by atoms with Crippen LogP contribution in [-0.4, -0.2) is 26.4 Å². The zero-order valence-electron chi connectivity index (χ0n) is 15.7. The average Bonchev–Trinajstić information content (AvgIpc) is 2.94. The van der Waals surface area contributed by atoms with E-state index in [0.717, 1.165) is 28.3 Å². The fraction of sp³-hybridized carbons (Fsp3) is 0.500. The van der Waals surface area contributed by atoms with Crippen LogP contribution in [0.4, 0.5) is 13.2 Å². The van der Waals surface area contributed by atoms with Gasteiger partial charge in [-0.15, -0.1) is 10.2 Å². The summed E-state index contributed by atoms with van der Waals surface area (Å²) in [4.78, 5) is 12.1. The predicted octanol–water partition coefficient (Wildman–Crippen LogP) is 4.00. The van der Waals surface area contributed by atoms with Crippen LogP contribution in [0.1, 0.15) is 43.8 Å². The maximum atomic E-state index is 12.7. The van der Waals surface area contributed by atoms with Gasteiger partial charge in [-0.05, 0) is 30.4 Å². The van der Waals surface area contributed by atoms with Gasteiger partial charge in [-0.2, -0.15) is 13.2 Å². The zero-order valence-corrected chi connectivity index (χ0v) is 16.5. The van der Waals surface area contributed by atoms with Gasteiger partial charge in [-0.1, -0.05) is 49.9 Å². The molecule has 0 saturated heterocycles. The van der Waals surface area contributed by atoms with Crippen molar-refractivity contribution in [1.82, 2.24) is 20.1 Å². The normalized spacial score (nSPS) is 13.0. The average molecular weight is 400 g/mol. The second kappa shape index (κ2) is 8.77. The van der Waals surface area contributed by atoms with E-state index in [1.807, 2.05) is 31.2 Å². The molecule has 1 heterocycles. The Morgan fingerprint density at radius 3 is 2.33 bits per heavy atom. The highest BCUT2D eigenvalue weighted by molar-refractivity contribution is 7.99. The molecule has 0 radical (unpaired) electrons. The molecule has 1 amide bonds. The van der Waals surface area contributed by atoms with E-state index in [1.165, 1.54) is 12.6 Å². The third-order valence-electron chi connectivity index (χ3n) is 3.92. The Morgan fingerprint density at radius 1 is 1.19 bits per heavy atom. The number of benzene rings is 1. The maximum Gasteiger partial charge on any atom is 0.451 e. The molecule has 2 aromatic rings. The van der Waals surface area contributed by atoms with Crippen molar-refractivity contribution in [3.05, 3.63) is 41.2 Å². The Morgan fingerprint density at radius 2 is 1.81 bits per heavy atom. The summed E-state index contributed by atoms with van der Waals surface area (Å²) >= 11 is 0.916. The van der Waals surface area contributed by atoms with Gasteiger partial charge in [0.05, 0.1) is 11.8 Å². The molecule has 0 bridgehead atoms. The van der Waals surface area contributed by atoms with Gasteiger partial charge in [-0.25, -0.2) is 0 Å². The van der Waals surface area contributed by atoms with Crippen LogP contribution in [-0.2, 0) is 24.4 Å². The number of thioether (sulfide) groups is 1. The number of rotatable bonds is 7. The van der Waals surface area contributed by atoms with Gasteiger partial charge in [-0.3, -0.25) is 4.79 Å². The highest BCUT2D eigenvalue weighted by Gasteiger charge is 2.37. The van der Waals surface area contributed by atoms with Gasteiger partial charge in [0.25, 0.3) is 0 Å². The van der Waals surface area contributed by atoms with Gasteiger partial charge in [0.15, 0.2) is 5.16 Å². The maximum absolute atomic E-state index is 12.7. The largest absolute Gasteiger partial charge is 0.451 e. The second-order valence-electron chi connectivity index (χ2n) is 6.78. The molecule has 0 saturated carbocycles. The molecule has 0 fully saturated rings. The van der Waals surface area contributed by atoms with E-state index in [9.17, 15) is 18.0 Å². The summed E-state index contributed by atoms with van der Waals surface area (Å²) in [5.74, 6) is -0.835. The van der Waals surface area contributed by atoms with Gasteiger partial charge in [0, 0.05) is 7.05 Å². The fourth-order valence-electron chi connectivity index (χ4n) is 2.60. The molecule has 1 N–H and O–H groups in total. The summed E-state index contributed by atoms with van der Waals surface area (Å²) in [6.07, 6.45) is -3.58. The van der Waals surface area contributed by atoms with Crippen LogP contribution in [0.2, 0.25) is 0 Å². The van der Waals surface area contributed by atoms with Crippen LogP contribution in [0.3, 0.4) is 0 Å². The summed E-state index contributed by atoms with van der Waals surface area (Å²) in [5.41, 5.74) is 2.21. The molecule has 0 aliphatic rings. The Kier molecular flexibility index (Phi) is 6.91. The molecule has 0 aliphatic carbocycles. The number of hydrogen-bond acceptors (Lipinski definition) is 4. The van der Waals surface area contributed by atoms with Crippen LogP contribution in [0, 0.1) is 5.92 Å². The predicted molar refractivity (Wildman–Crippen MR) is 98.3 cm³/mol. The second-order valence-corrected chi connectivity index (χ2v) is 7.72. The van der Waals surface area contributed by atoms with Gasteiger partial charge >= 0.3 is 6.18 Å². The van der Waals surface area contributed by atoms with Gasteiger partial charge in [0.1, 0.15) is 0 Å². The number of carbonyl (C=O) groups is 1. The van der Waals surface area contributed by atoms with E-state index < -0.39 is 12.0 Å². The summed E-state index contributed by atoms with van der Waals surface area (Å²) < 4.78 is 39.0. The molecule has 9 heteroatoms. The van der Waals surface area contributed by atoms with Crippen molar-refractivity contribution in [3.63, 3.8) is 0 Å². The Labute approximate surface area is 160 Å². The third-order valence-corrected chi connectivity index (χ3v) is 4.94. The SMILES string of the molecule is CC(C)Cc1ccc([C@@H](C)NC(=O)CSc2nnc(C(F)(F)F)n2C)cc1. The van der Waals surface area contributed by atoms with Gasteiger partial charge < -0.3 is 9.88 Å². The lowest BCUT2D eigenvalue weighted by molar-refractivity contribution is -0.147. The van der Waals surface area contributed by atoms with Crippen LogP contribution in [0.5, 0.6) is 0 Å². The summed E-state index contributed by atoms with van der Waals surface area (Å²) in [6.45, 7) is 6.18. The first-order valence-corrected chi connectivity index (χ1v) is 9.54. The summed E-state index contributed by atoms with van der Waals surface area (Å²) in [5, 5.41) is 9.53. The monoisotopic (exact) mass is 400 g/mol. The molecular weight excluding hydrogens is 377 g/mol. The first kappa shape index (κ1) is 21.3. The molecule has 1 atom stereocenters. The van der Waals surface area contributed by atoms with Crippen LogP contribution in [0.25, 0.3) is 0 Å². The molecule has 148 valence electrons. The van der Waals surface area contributed by atoms with E-state index in [-0.39, 0.29) is 22.9 Å². The van der Waals surface area contributed by atoms with E-state index in [0.29, 0.717) is 5.92 Å². The van der Waals surface area contributed by atoms with Crippen molar-refractivity contribution in [1.29, 1.82) is 0 Å². The first-order chi connectivity index (χ1) is 12.6.